The number of nitrogens with two attached hydrogens (primary N) is 1. The highest BCUT2D eigenvalue weighted by atomic mass is 15.3. The van der Waals surface area contributed by atoms with Gasteiger partial charge in [-0.05, 0) is 57.4 Å². The molecule has 0 radical (unpaired) electrons. The summed E-state index contributed by atoms with van der Waals surface area (Å²) >= 11 is 0. The molecule has 1 saturated heterocycles. The second-order valence-corrected chi connectivity index (χ2v) is 11.1. The number of hydrogen-bond acceptors (Lipinski definition) is 7. The van der Waals surface area contributed by atoms with Crippen molar-refractivity contribution in [2.24, 2.45) is 0 Å². The summed E-state index contributed by atoms with van der Waals surface area (Å²) in [6.45, 7) is 8.72. The van der Waals surface area contributed by atoms with Crippen molar-refractivity contribution in [1.29, 1.82) is 0 Å². The van der Waals surface area contributed by atoms with Crippen LogP contribution in [0.5, 0.6) is 0 Å². The van der Waals surface area contributed by atoms with E-state index in [9.17, 15) is 0 Å². The van der Waals surface area contributed by atoms with Crippen molar-refractivity contribution in [3.05, 3.63) is 66.5 Å². The van der Waals surface area contributed by atoms with Gasteiger partial charge in [0.05, 0.1) is 11.4 Å². The third kappa shape index (κ3) is 5.36. The minimum Gasteiger partial charge on any atom is -0.383 e. The van der Waals surface area contributed by atoms with Crippen LogP contribution < -0.4 is 10.6 Å². The molecule has 2 aliphatic rings. The van der Waals surface area contributed by atoms with E-state index in [1.807, 2.05) is 0 Å². The maximum Gasteiger partial charge on any atom is 0.164 e. The molecule has 2 aromatic carbocycles. The van der Waals surface area contributed by atoms with Crippen LogP contribution in [0.1, 0.15) is 44.2 Å². The number of rotatable bonds is 7. The lowest BCUT2D eigenvalue weighted by Gasteiger charge is -2.41. The van der Waals surface area contributed by atoms with E-state index in [0.717, 1.165) is 48.2 Å². The van der Waals surface area contributed by atoms with Crippen LogP contribution >= 0.6 is 0 Å². The Labute approximate surface area is 231 Å². The first kappa shape index (κ1) is 25.8. The Bertz CT molecular complexity index is 1370. The second kappa shape index (κ2) is 11.3. The Kier molecular flexibility index (Phi) is 7.48. The molecule has 0 bridgehead atoms. The zero-order valence-electron chi connectivity index (χ0n) is 23.2. The number of anilines is 2. The average Bonchev–Trinajstić information content (AvgIpc) is 3.38. The molecule has 0 spiro atoms. The fraction of sp³-hybridized carbons (Fsp3) is 0.452. The Balaban J connectivity index is 1.23. The highest BCUT2D eigenvalue weighted by Crippen LogP contribution is 2.37. The Morgan fingerprint density at radius 3 is 2.26 bits per heavy atom. The Hall–Kier alpha value is -3.49. The molecule has 4 aromatic rings. The van der Waals surface area contributed by atoms with Gasteiger partial charge in [0.25, 0.3) is 0 Å². The van der Waals surface area contributed by atoms with Gasteiger partial charge in [-0.1, -0.05) is 42.5 Å². The number of benzene rings is 2. The van der Waals surface area contributed by atoms with Crippen LogP contribution in [0.4, 0.5) is 11.5 Å². The minimum atomic E-state index is 0.333. The van der Waals surface area contributed by atoms with Crippen LogP contribution in [0.3, 0.4) is 0 Å². The smallest absolute Gasteiger partial charge is 0.164 e. The third-order valence-corrected chi connectivity index (χ3v) is 8.69. The summed E-state index contributed by atoms with van der Waals surface area (Å²) in [6.07, 6.45) is 6.20. The van der Waals surface area contributed by atoms with E-state index in [1.54, 1.807) is 6.33 Å². The van der Waals surface area contributed by atoms with Crippen molar-refractivity contribution in [1.82, 2.24) is 29.5 Å². The van der Waals surface area contributed by atoms with Gasteiger partial charge in [0, 0.05) is 56.6 Å². The van der Waals surface area contributed by atoms with Crippen LogP contribution in [-0.4, -0.2) is 75.4 Å². The largest absolute Gasteiger partial charge is 0.383 e. The summed E-state index contributed by atoms with van der Waals surface area (Å²) in [5.74, 6) is 0.496. The zero-order valence-corrected chi connectivity index (χ0v) is 23.2. The summed E-state index contributed by atoms with van der Waals surface area (Å²) in [6, 6.07) is 20.3. The Morgan fingerprint density at radius 2 is 1.56 bits per heavy atom. The van der Waals surface area contributed by atoms with Crippen molar-refractivity contribution in [3.8, 4) is 11.3 Å². The van der Waals surface area contributed by atoms with Gasteiger partial charge >= 0.3 is 0 Å². The first-order valence-corrected chi connectivity index (χ1v) is 14.4. The number of fused-ring (bicyclic) bond motifs is 1. The normalized spacial score (nSPS) is 20.9. The highest BCUT2D eigenvalue weighted by molar-refractivity contribution is 5.98. The molecule has 39 heavy (non-hydrogen) atoms. The molecule has 0 amide bonds. The molecule has 6 rings (SSSR count). The SMILES string of the molecule is CCN(Cc1ccccc1)c1ccc(-c2nn([C@H]3CC[C@@H](N4CCN(C)CC4)CC3)c3ncnc(N)c23)cc1. The van der Waals surface area contributed by atoms with Gasteiger partial charge < -0.3 is 15.5 Å². The van der Waals surface area contributed by atoms with Gasteiger partial charge in [0.15, 0.2) is 5.65 Å². The molecule has 1 aliphatic carbocycles. The quantitative estimate of drug-likeness (QED) is 0.371. The fourth-order valence-electron chi connectivity index (χ4n) is 6.33. The van der Waals surface area contributed by atoms with Crippen LogP contribution in [0, 0.1) is 0 Å². The van der Waals surface area contributed by atoms with Crippen LogP contribution in [0.25, 0.3) is 22.3 Å². The van der Waals surface area contributed by atoms with Crippen molar-refractivity contribution in [2.75, 3.05) is 50.4 Å². The number of piperazine rings is 1. The lowest BCUT2D eigenvalue weighted by atomic mass is 9.90. The summed E-state index contributed by atoms with van der Waals surface area (Å²) in [5, 5.41) is 6.02. The predicted octanol–water partition coefficient (Wildman–Crippen LogP) is 4.83. The van der Waals surface area contributed by atoms with E-state index < -0.39 is 0 Å². The second-order valence-electron chi connectivity index (χ2n) is 11.1. The summed E-state index contributed by atoms with van der Waals surface area (Å²) in [4.78, 5) is 16.5. The van der Waals surface area contributed by atoms with Gasteiger partial charge in [0.2, 0.25) is 0 Å². The molecular formula is C31H40N8. The van der Waals surface area contributed by atoms with Crippen molar-refractivity contribution < 1.29 is 0 Å². The number of hydrogen-bond donors (Lipinski definition) is 1. The molecule has 0 unspecified atom stereocenters. The summed E-state index contributed by atoms with van der Waals surface area (Å²) < 4.78 is 2.14. The van der Waals surface area contributed by atoms with Crippen LogP contribution in [0.2, 0.25) is 0 Å². The van der Waals surface area contributed by atoms with Crippen LogP contribution in [-0.2, 0) is 6.54 Å². The van der Waals surface area contributed by atoms with Gasteiger partial charge in [-0.25, -0.2) is 14.6 Å². The minimum absolute atomic E-state index is 0.333. The van der Waals surface area contributed by atoms with E-state index >= 15 is 0 Å². The third-order valence-electron chi connectivity index (χ3n) is 8.69. The van der Waals surface area contributed by atoms with Gasteiger partial charge in [-0.15, -0.1) is 0 Å². The average molecular weight is 525 g/mol. The van der Waals surface area contributed by atoms with E-state index in [4.69, 9.17) is 10.8 Å². The molecule has 1 aliphatic heterocycles. The fourth-order valence-corrected chi connectivity index (χ4v) is 6.33. The number of nitrogen functional groups attached to an aromatic ring is 1. The number of likely N-dealkylation sites (N-methyl/N-ethyl adjacent to an activating group) is 1. The molecule has 8 heteroatoms. The number of aromatic nitrogens is 4. The van der Waals surface area contributed by atoms with Crippen molar-refractivity contribution in [2.45, 2.75) is 51.2 Å². The van der Waals surface area contributed by atoms with Gasteiger partial charge in [-0.2, -0.15) is 5.10 Å². The molecular weight excluding hydrogens is 484 g/mol. The number of nitrogens with zero attached hydrogens (tertiary/aromatic N) is 7. The molecule has 2 fully saturated rings. The first-order valence-electron chi connectivity index (χ1n) is 14.4. The van der Waals surface area contributed by atoms with Crippen molar-refractivity contribution >= 4 is 22.5 Å². The Morgan fingerprint density at radius 1 is 0.872 bits per heavy atom. The zero-order chi connectivity index (χ0) is 26.8. The predicted molar refractivity (Wildman–Crippen MR) is 159 cm³/mol. The molecule has 2 N–H and O–H groups in total. The topological polar surface area (TPSA) is 79.3 Å². The van der Waals surface area contributed by atoms with Gasteiger partial charge in [-0.3, -0.25) is 4.90 Å². The summed E-state index contributed by atoms with van der Waals surface area (Å²) in [5.41, 5.74) is 11.7. The molecule has 1 saturated carbocycles. The van der Waals surface area contributed by atoms with E-state index in [2.05, 4.69) is 97.9 Å². The van der Waals surface area contributed by atoms with E-state index in [0.29, 0.717) is 17.9 Å². The first-order chi connectivity index (χ1) is 19.1. The molecule has 3 heterocycles. The van der Waals surface area contributed by atoms with E-state index in [-0.39, 0.29) is 0 Å². The van der Waals surface area contributed by atoms with Crippen LogP contribution in [0.15, 0.2) is 60.9 Å². The molecule has 2 aromatic heterocycles. The van der Waals surface area contributed by atoms with Crippen molar-refractivity contribution in [3.63, 3.8) is 0 Å². The van der Waals surface area contributed by atoms with Gasteiger partial charge in [0.1, 0.15) is 17.8 Å². The highest BCUT2D eigenvalue weighted by Gasteiger charge is 2.30. The standard InChI is InChI=1S/C31H40N8/c1-3-37(21-23-7-5-4-6-8-23)25-11-9-24(10-12-25)29-28-30(32)33-22-34-31(28)39(35-29)27-15-13-26(14-16-27)38-19-17-36(2)18-20-38/h4-12,22,26-27H,3,13-21H2,1-2H3,(H2,32,33,34)/t26-,27+. The lowest BCUT2D eigenvalue weighted by Crippen LogP contribution is -2.49. The molecule has 0 atom stereocenters. The lowest BCUT2D eigenvalue weighted by molar-refractivity contribution is 0.0815. The molecule has 204 valence electrons. The molecule has 8 nitrogen and oxygen atoms in total. The maximum absolute atomic E-state index is 6.43. The summed E-state index contributed by atoms with van der Waals surface area (Å²) in [7, 11) is 2.22. The van der Waals surface area contributed by atoms with E-state index in [1.165, 1.54) is 50.3 Å². The maximum atomic E-state index is 6.43. The monoisotopic (exact) mass is 524 g/mol.